The Balaban J connectivity index is 1.26. The molecule has 0 atom stereocenters. The van der Waals surface area contributed by atoms with Crippen LogP contribution in [0.15, 0.2) is 231 Å². The summed E-state index contributed by atoms with van der Waals surface area (Å²) >= 11 is 0. The normalized spacial score (nSPS) is 12.7. The molecule has 0 heteroatoms. The summed E-state index contributed by atoms with van der Waals surface area (Å²) in [6.45, 7) is 4.80. The molecule has 0 radical (unpaired) electrons. The van der Waals surface area contributed by atoms with Gasteiger partial charge in [-0.15, -0.1) is 0 Å². The monoisotopic (exact) mass is 800 g/mol. The lowest BCUT2D eigenvalue weighted by molar-refractivity contribution is 0.661. The summed E-state index contributed by atoms with van der Waals surface area (Å²) in [5.41, 5.74) is 19.8. The smallest absolute Gasteiger partial charge is 0.0159 e. The molecule has 1 aliphatic rings. The van der Waals surface area contributed by atoms with Crippen LogP contribution >= 0.6 is 0 Å². The van der Waals surface area contributed by atoms with E-state index in [1.54, 1.807) is 0 Å². The molecule has 0 heterocycles. The molecule has 0 unspecified atom stereocenters. The maximum atomic E-state index is 2.56. The van der Waals surface area contributed by atoms with E-state index in [-0.39, 0.29) is 5.41 Å². The van der Waals surface area contributed by atoms with E-state index in [2.05, 4.69) is 244 Å². The predicted molar refractivity (Wildman–Crippen MR) is 269 cm³/mol. The average molecular weight is 801 g/mol. The van der Waals surface area contributed by atoms with Crippen molar-refractivity contribution in [3.05, 3.63) is 242 Å². The van der Waals surface area contributed by atoms with Gasteiger partial charge in [-0.1, -0.05) is 202 Å². The van der Waals surface area contributed by atoms with Crippen molar-refractivity contribution in [1.82, 2.24) is 0 Å². The molecule has 0 spiro atoms. The summed E-state index contributed by atoms with van der Waals surface area (Å²) in [5, 5.41) is 7.49. The van der Waals surface area contributed by atoms with Crippen molar-refractivity contribution in [2.24, 2.45) is 0 Å². The Morgan fingerprint density at radius 3 is 1.48 bits per heavy atom. The molecule has 296 valence electrons. The van der Waals surface area contributed by atoms with Crippen LogP contribution in [-0.2, 0) is 5.41 Å². The molecule has 0 aromatic heterocycles. The minimum Gasteiger partial charge on any atom is -0.0622 e. The SMILES string of the molecule is CC1(C)c2ccccc2-c2cc3c(-c4ccccc4-c4ccccc4)c4ccc(-c5ccccc5)cc4c(-c4cc(-c5ccccc5)cc(-c5ccc6ccccc6c5)c4)c3cc21. The Kier molecular flexibility index (Phi) is 8.63. The minimum absolute atomic E-state index is 0.178. The molecule has 0 fully saturated rings. The third kappa shape index (κ3) is 6.13. The minimum atomic E-state index is -0.178. The number of hydrogen-bond acceptors (Lipinski definition) is 0. The highest BCUT2D eigenvalue weighted by Crippen LogP contribution is 2.54. The van der Waals surface area contributed by atoms with Crippen LogP contribution < -0.4 is 0 Å². The van der Waals surface area contributed by atoms with Crippen molar-refractivity contribution in [3.8, 4) is 77.9 Å². The molecule has 0 aliphatic heterocycles. The Morgan fingerprint density at radius 1 is 0.238 bits per heavy atom. The van der Waals surface area contributed by atoms with Gasteiger partial charge < -0.3 is 0 Å². The fourth-order valence-corrected chi connectivity index (χ4v) is 10.5. The zero-order valence-electron chi connectivity index (χ0n) is 35.4. The molecule has 0 amide bonds. The van der Waals surface area contributed by atoms with E-state index in [9.17, 15) is 0 Å². The first-order valence-corrected chi connectivity index (χ1v) is 22.1. The predicted octanol–water partition coefficient (Wildman–Crippen LogP) is 17.5. The molecule has 0 N–H and O–H groups in total. The van der Waals surface area contributed by atoms with Gasteiger partial charge in [0.05, 0.1) is 0 Å². The third-order valence-electron chi connectivity index (χ3n) is 13.6. The Hall–Kier alpha value is -7.80. The van der Waals surface area contributed by atoms with Gasteiger partial charge in [0.15, 0.2) is 0 Å². The lowest BCUT2D eigenvalue weighted by atomic mass is 9.78. The van der Waals surface area contributed by atoms with Gasteiger partial charge in [-0.25, -0.2) is 0 Å². The second-order valence-corrected chi connectivity index (χ2v) is 17.6. The van der Waals surface area contributed by atoms with E-state index in [1.807, 2.05) is 0 Å². The maximum absolute atomic E-state index is 2.56. The first kappa shape index (κ1) is 37.0. The van der Waals surface area contributed by atoms with E-state index in [1.165, 1.54) is 121 Å². The lowest BCUT2D eigenvalue weighted by Gasteiger charge is -2.25. The molecule has 12 rings (SSSR count). The van der Waals surface area contributed by atoms with Crippen molar-refractivity contribution in [2.45, 2.75) is 19.3 Å². The fraction of sp³-hybridized carbons (Fsp3) is 0.0476. The number of rotatable bonds is 6. The zero-order valence-corrected chi connectivity index (χ0v) is 35.4. The third-order valence-corrected chi connectivity index (χ3v) is 13.6. The highest BCUT2D eigenvalue weighted by Gasteiger charge is 2.36. The average Bonchev–Trinajstić information content (AvgIpc) is 3.57. The number of fused-ring (bicyclic) bond motifs is 6. The highest BCUT2D eigenvalue weighted by atomic mass is 14.4. The maximum Gasteiger partial charge on any atom is 0.0159 e. The van der Waals surface area contributed by atoms with Crippen LogP contribution in [-0.4, -0.2) is 0 Å². The van der Waals surface area contributed by atoms with Gasteiger partial charge in [-0.2, -0.15) is 0 Å². The molecule has 0 nitrogen and oxygen atoms in total. The van der Waals surface area contributed by atoms with E-state index in [0.717, 1.165) is 0 Å². The Bertz CT molecular complexity index is 3560. The quantitative estimate of drug-likeness (QED) is 0.147. The summed E-state index contributed by atoms with van der Waals surface area (Å²) in [6, 6.07) is 85.8. The topological polar surface area (TPSA) is 0 Å². The largest absolute Gasteiger partial charge is 0.0622 e. The second kappa shape index (κ2) is 14.7. The first-order chi connectivity index (χ1) is 31.0. The van der Waals surface area contributed by atoms with E-state index < -0.39 is 0 Å². The molecule has 11 aromatic carbocycles. The van der Waals surface area contributed by atoms with Crippen LogP contribution in [0.3, 0.4) is 0 Å². The number of benzene rings is 11. The summed E-state index contributed by atoms with van der Waals surface area (Å²) in [7, 11) is 0. The Morgan fingerprint density at radius 2 is 0.746 bits per heavy atom. The van der Waals surface area contributed by atoms with Gasteiger partial charge in [0, 0.05) is 5.41 Å². The standard InChI is InChI=1S/C63H44/c1-63(2)59-29-17-16-27-52(59)55-39-57-58(40-60(55)63)61(50-36-48(42-20-8-4-9-21-42)35-49(37-50)46-31-30-43-22-12-13-25-45(43)34-46)56-38-47(41-18-6-3-7-19-41)32-33-54(56)62(57)53-28-15-14-26-51(53)44-23-10-5-11-24-44/h3-40H,1-2H3. The summed E-state index contributed by atoms with van der Waals surface area (Å²) in [4.78, 5) is 0. The second-order valence-electron chi connectivity index (χ2n) is 17.6. The molecular formula is C63H44. The number of hydrogen-bond donors (Lipinski definition) is 0. The highest BCUT2D eigenvalue weighted by molar-refractivity contribution is 6.24. The molecule has 0 bridgehead atoms. The van der Waals surface area contributed by atoms with Gasteiger partial charge in [0.25, 0.3) is 0 Å². The van der Waals surface area contributed by atoms with Crippen molar-refractivity contribution in [2.75, 3.05) is 0 Å². The van der Waals surface area contributed by atoms with Crippen molar-refractivity contribution in [3.63, 3.8) is 0 Å². The summed E-state index contributed by atoms with van der Waals surface area (Å²) in [5.74, 6) is 0. The van der Waals surface area contributed by atoms with Gasteiger partial charge >= 0.3 is 0 Å². The van der Waals surface area contributed by atoms with Gasteiger partial charge in [0.2, 0.25) is 0 Å². The fourth-order valence-electron chi connectivity index (χ4n) is 10.5. The van der Waals surface area contributed by atoms with E-state index in [4.69, 9.17) is 0 Å². The van der Waals surface area contributed by atoms with Crippen LogP contribution in [0.25, 0.3) is 110 Å². The van der Waals surface area contributed by atoms with Crippen molar-refractivity contribution >= 4 is 32.3 Å². The van der Waals surface area contributed by atoms with Crippen LogP contribution in [0.1, 0.15) is 25.0 Å². The molecule has 1 aliphatic carbocycles. The van der Waals surface area contributed by atoms with E-state index >= 15 is 0 Å². The van der Waals surface area contributed by atoms with Crippen molar-refractivity contribution in [1.29, 1.82) is 0 Å². The first-order valence-electron chi connectivity index (χ1n) is 22.1. The van der Waals surface area contributed by atoms with Crippen molar-refractivity contribution < 1.29 is 0 Å². The van der Waals surface area contributed by atoms with Crippen LogP contribution in [0.5, 0.6) is 0 Å². The Labute approximate surface area is 369 Å². The molecule has 0 saturated carbocycles. The summed E-state index contributed by atoms with van der Waals surface area (Å²) in [6.07, 6.45) is 0. The van der Waals surface area contributed by atoms with Crippen LogP contribution in [0.4, 0.5) is 0 Å². The molecular weight excluding hydrogens is 757 g/mol. The van der Waals surface area contributed by atoms with Crippen LogP contribution in [0, 0.1) is 0 Å². The van der Waals surface area contributed by atoms with Gasteiger partial charge in [0.1, 0.15) is 0 Å². The lowest BCUT2D eigenvalue weighted by Crippen LogP contribution is -2.14. The van der Waals surface area contributed by atoms with E-state index in [0.29, 0.717) is 0 Å². The molecule has 63 heavy (non-hydrogen) atoms. The summed E-state index contributed by atoms with van der Waals surface area (Å²) < 4.78 is 0. The molecule has 11 aromatic rings. The van der Waals surface area contributed by atoms with Gasteiger partial charge in [-0.3, -0.25) is 0 Å². The van der Waals surface area contributed by atoms with Gasteiger partial charge in [-0.05, 0) is 164 Å². The molecule has 0 saturated heterocycles. The zero-order chi connectivity index (χ0) is 42.1. The van der Waals surface area contributed by atoms with Crippen LogP contribution in [0.2, 0.25) is 0 Å².